The molecule has 1 aromatic carbocycles. The molecular formula is C14H17BrClF. The van der Waals surface area contributed by atoms with Gasteiger partial charge in [-0.2, -0.15) is 0 Å². The fourth-order valence-corrected chi connectivity index (χ4v) is 3.62. The van der Waals surface area contributed by atoms with Crippen molar-refractivity contribution in [2.45, 2.75) is 38.5 Å². The summed E-state index contributed by atoms with van der Waals surface area (Å²) in [5.41, 5.74) is 1.38. The Bertz CT molecular complexity index is 386. The van der Waals surface area contributed by atoms with Crippen molar-refractivity contribution in [3.8, 4) is 0 Å². The third-order valence-electron chi connectivity index (χ3n) is 3.76. The van der Waals surface area contributed by atoms with Gasteiger partial charge in [0.15, 0.2) is 0 Å². The van der Waals surface area contributed by atoms with Crippen LogP contribution in [0.1, 0.15) is 37.7 Å². The van der Waals surface area contributed by atoms with E-state index in [2.05, 4.69) is 15.9 Å². The highest BCUT2D eigenvalue weighted by Crippen LogP contribution is 2.40. The summed E-state index contributed by atoms with van der Waals surface area (Å²) < 4.78 is 13.4. The van der Waals surface area contributed by atoms with Crippen LogP contribution in [0.2, 0.25) is 5.02 Å². The monoisotopic (exact) mass is 318 g/mol. The molecule has 0 unspecified atom stereocenters. The lowest BCUT2D eigenvalue weighted by molar-refractivity contribution is 0.223. The molecule has 1 aromatic rings. The van der Waals surface area contributed by atoms with Gasteiger partial charge in [0.1, 0.15) is 5.82 Å². The average molecular weight is 320 g/mol. The minimum absolute atomic E-state index is 0.213. The van der Waals surface area contributed by atoms with E-state index >= 15 is 0 Å². The summed E-state index contributed by atoms with van der Waals surface area (Å²) in [7, 11) is 0. The highest BCUT2D eigenvalue weighted by atomic mass is 79.9. The maximum Gasteiger partial charge on any atom is 0.142 e. The SMILES string of the molecule is Fc1cc(CC2(CBr)CCCCC2)ccc1Cl. The fraction of sp³-hybridized carbons (Fsp3) is 0.571. The van der Waals surface area contributed by atoms with Gasteiger partial charge in [-0.15, -0.1) is 0 Å². The summed E-state index contributed by atoms with van der Waals surface area (Å²) in [4.78, 5) is 0. The van der Waals surface area contributed by atoms with Crippen molar-refractivity contribution < 1.29 is 4.39 Å². The van der Waals surface area contributed by atoms with Crippen LogP contribution in [0, 0.1) is 11.2 Å². The summed E-state index contributed by atoms with van der Waals surface area (Å²) >= 11 is 9.35. The van der Waals surface area contributed by atoms with E-state index in [0.717, 1.165) is 17.3 Å². The van der Waals surface area contributed by atoms with Crippen LogP contribution in [-0.4, -0.2) is 5.33 Å². The largest absolute Gasteiger partial charge is 0.205 e. The van der Waals surface area contributed by atoms with Crippen LogP contribution < -0.4 is 0 Å². The summed E-state index contributed by atoms with van der Waals surface area (Å²) in [5, 5.41) is 1.22. The van der Waals surface area contributed by atoms with E-state index < -0.39 is 0 Å². The standard InChI is InChI=1S/C14H17BrClF/c15-10-14(6-2-1-3-7-14)9-11-4-5-12(16)13(17)8-11/h4-5,8H,1-3,6-7,9-10H2. The lowest BCUT2D eigenvalue weighted by Crippen LogP contribution is -2.28. The fourth-order valence-electron chi connectivity index (χ4n) is 2.74. The molecule has 1 fully saturated rings. The van der Waals surface area contributed by atoms with E-state index in [-0.39, 0.29) is 10.8 Å². The molecule has 3 heteroatoms. The number of halogens is 3. The van der Waals surface area contributed by atoms with Crippen LogP contribution in [0.25, 0.3) is 0 Å². The Kier molecular flexibility index (Phi) is 4.48. The third kappa shape index (κ3) is 3.23. The van der Waals surface area contributed by atoms with Crippen molar-refractivity contribution in [2.75, 3.05) is 5.33 Å². The van der Waals surface area contributed by atoms with Gasteiger partial charge in [0.25, 0.3) is 0 Å². The minimum Gasteiger partial charge on any atom is -0.205 e. The van der Waals surface area contributed by atoms with Gasteiger partial charge < -0.3 is 0 Å². The Labute approximate surface area is 116 Å². The van der Waals surface area contributed by atoms with Crippen LogP contribution in [0.5, 0.6) is 0 Å². The Balaban J connectivity index is 2.14. The second kappa shape index (κ2) is 5.71. The first-order valence-electron chi connectivity index (χ1n) is 6.15. The van der Waals surface area contributed by atoms with E-state index in [9.17, 15) is 4.39 Å². The van der Waals surface area contributed by atoms with Crippen molar-refractivity contribution in [3.63, 3.8) is 0 Å². The van der Waals surface area contributed by atoms with Crippen molar-refractivity contribution in [2.24, 2.45) is 5.41 Å². The van der Waals surface area contributed by atoms with E-state index in [1.165, 1.54) is 32.1 Å². The molecule has 0 aliphatic heterocycles. The van der Waals surface area contributed by atoms with Crippen LogP contribution >= 0.6 is 27.5 Å². The van der Waals surface area contributed by atoms with E-state index in [4.69, 9.17) is 11.6 Å². The van der Waals surface area contributed by atoms with Crippen molar-refractivity contribution in [3.05, 3.63) is 34.6 Å². The van der Waals surface area contributed by atoms with Gasteiger partial charge in [-0.1, -0.05) is 52.9 Å². The number of alkyl halides is 1. The first-order chi connectivity index (χ1) is 8.15. The summed E-state index contributed by atoms with van der Waals surface area (Å²) in [6.45, 7) is 0. The molecule has 0 aromatic heterocycles. The van der Waals surface area contributed by atoms with Gasteiger partial charge in [0, 0.05) is 5.33 Å². The van der Waals surface area contributed by atoms with Gasteiger partial charge in [0.2, 0.25) is 0 Å². The van der Waals surface area contributed by atoms with Gasteiger partial charge in [-0.25, -0.2) is 4.39 Å². The van der Waals surface area contributed by atoms with Crippen molar-refractivity contribution in [1.29, 1.82) is 0 Å². The second-order valence-corrected chi connectivity index (χ2v) is 6.09. The van der Waals surface area contributed by atoms with Crippen LogP contribution in [-0.2, 0) is 6.42 Å². The molecule has 0 atom stereocenters. The van der Waals surface area contributed by atoms with Gasteiger partial charge in [-0.3, -0.25) is 0 Å². The van der Waals surface area contributed by atoms with Crippen LogP contribution in [0.4, 0.5) is 4.39 Å². The van der Waals surface area contributed by atoms with E-state index in [1.54, 1.807) is 12.1 Å². The van der Waals surface area contributed by atoms with E-state index in [1.807, 2.05) is 6.07 Å². The molecule has 1 aliphatic rings. The predicted molar refractivity (Wildman–Crippen MR) is 74.4 cm³/mol. The van der Waals surface area contributed by atoms with Gasteiger partial charge in [-0.05, 0) is 42.4 Å². The molecule has 2 rings (SSSR count). The summed E-state index contributed by atoms with van der Waals surface area (Å²) in [5.74, 6) is -0.301. The zero-order chi connectivity index (χ0) is 12.3. The summed E-state index contributed by atoms with van der Waals surface area (Å²) in [6.07, 6.45) is 7.35. The van der Waals surface area contributed by atoms with Gasteiger partial charge >= 0.3 is 0 Å². The normalized spacial score (nSPS) is 19.2. The Morgan fingerprint density at radius 2 is 1.94 bits per heavy atom. The highest BCUT2D eigenvalue weighted by Gasteiger charge is 2.31. The van der Waals surface area contributed by atoms with E-state index in [0.29, 0.717) is 5.41 Å². The Morgan fingerprint density at radius 1 is 1.24 bits per heavy atom. The molecule has 0 N–H and O–H groups in total. The Morgan fingerprint density at radius 3 is 2.53 bits per heavy atom. The van der Waals surface area contributed by atoms with Crippen molar-refractivity contribution >= 4 is 27.5 Å². The van der Waals surface area contributed by atoms with Crippen molar-refractivity contribution in [1.82, 2.24) is 0 Å². The number of hydrogen-bond donors (Lipinski definition) is 0. The molecule has 0 heterocycles. The maximum absolute atomic E-state index is 13.4. The molecule has 0 bridgehead atoms. The zero-order valence-corrected chi connectivity index (χ0v) is 12.2. The smallest absolute Gasteiger partial charge is 0.142 e. The molecule has 0 spiro atoms. The first kappa shape index (κ1) is 13.4. The quantitative estimate of drug-likeness (QED) is 0.657. The lowest BCUT2D eigenvalue weighted by Gasteiger charge is -2.36. The Hall–Kier alpha value is -0.0800. The highest BCUT2D eigenvalue weighted by molar-refractivity contribution is 9.09. The lowest BCUT2D eigenvalue weighted by atomic mass is 9.72. The number of hydrogen-bond acceptors (Lipinski definition) is 0. The number of rotatable bonds is 3. The minimum atomic E-state index is -0.301. The average Bonchev–Trinajstić information content (AvgIpc) is 2.35. The molecule has 0 amide bonds. The molecule has 1 saturated carbocycles. The van der Waals surface area contributed by atoms with Crippen LogP contribution in [0.15, 0.2) is 18.2 Å². The summed E-state index contributed by atoms with van der Waals surface area (Å²) in [6, 6.07) is 5.20. The third-order valence-corrected chi connectivity index (χ3v) is 5.26. The molecule has 0 saturated heterocycles. The zero-order valence-electron chi connectivity index (χ0n) is 9.82. The van der Waals surface area contributed by atoms with Gasteiger partial charge in [0.05, 0.1) is 5.02 Å². The molecular weight excluding hydrogens is 303 g/mol. The molecule has 1 aliphatic carbocycles. The molecule has 0 radical (unpaired) electrons. The number of benzene rings is 1. The first-order valence-corrected chi connectivity index (χ1v) is 7.65. The maximum atomic E-state index is 13.4. The predicted octanol–water partition coefficient (Wildman–Crippen LogP) is 5.37. The molecule has 94 valence electrons. The van der Waals surface area contributed by atoms with Crippen LogP contribution in [0.3, 0.4) is 0 Å². The topological polar surface area (TPSA) is 0 Å². The molecule has 17 heavy (non-hydrogen) atoms. The molecule has 0 nitrogen and oxygen atoms in total. The second-order valence-electron chi connectivity index (χ2n) is 5.12.